The first-order valence-corrected chi connectivity index (χ1v) is 4.07. The molecule has 0 radical (unpaired) electrons. The molecule has 1 unspecified atom stereocenters. The molecule has 9 heavy (non-hydrogen) atoms. The van der Waals surface area contributed by atoms with Gasteiger partial charge in [0.05, 0.1) is 17.5 Å². The van der Waals surface area contributed by atoms with Gasteiger partial charge in [0.1, 0.15) is 0 Å². The van der Waals surface area contributed by atoms with Gasteiger partial charge >= 0.3 is 0 Å². The topological polar surface area (TPSA) is 15.6 Å². The number of fused-ring (bicyclic) bond motifs is 1. The van der Waals surface area contributed by atoms with Gasteiger partial charge in [-0.15, -0.1) is 11.8 Å². The van der Waals surface area contributed by atoms with Gasteiger partial charge in [-0.05, 0) is 24.3 Å². The highest BCUT2D eigenvalue weighted by molar-refractivity contribution is 8.04. The summed E-state index contributed by atoms with van der Waals surface area (Å²) >= 11 is 5.91. The zero-order valence-electron chi connectivity index (χ0n) is 4.69. The molecule has 1 atom stereocenters. The number of thioether (sulfide) groups is 1. The monoisotopic (exact) mass is 158 g/mol. The molecular weight excluding hydrogens is 152 g/mol. The summed E-state index contributed by atoms with van der Waals surface area (Å²) in [5, 5.41) is 6.80. The fourth-order valence-corrected chi connectivity index (χ4v) is 2.21. The predicted molar refractivity (Wildman–Crippen MR) is 43.6 cm³/mol. The summed E-state index contributed by atoms with van der Waals surface area (Å²) < 4.78 is 1.69. The molecule has 2 aliphatic heterocycles. The Kier molecular flexibility index (Phi) is 1.23. The van der Waals surface area contributed by atoms with Crippen LogP contribution in [0.1, 0.15) is 0 Å². The third-order valence-electron chi connectivity index (χ3n) is 1.37. The molecule has 0 spiro atoms. The predicted octanol–water partition coefficient (Wildman–Crippen LogP) is 1.13. The number of thiol groups is 1. The maximum absolute atomic E-state index is 4.16. The number of rotatable bonds is 0. The highest BCUT2D eigenvalue weighted by atomic mass is 32.2. The van der Waals surface area contributed by atoms with Crippen molar-refractivity contribution in [2.24, 2.45) is 5.10 Å². The summed E-state index contributed by atoms with van der Waals surface area (Å²) in [7, 11) is 0. The molecule has 0 aliphatic carbocycles. The normalized spacial score (nSPS) is 31.0. The molecule has 0 N–H and O–H groups in total. The summed E-state index contributed by atoms with van der Waals surface area (Å²) in [5.41, 5.74) is 1.16. The average Bonchev–Trinajstić information content (AvgIpc) is 2.22. The standard InChI is InChI=1S/C5H6N2S2/c8-7-3-5-4(6-7)1-2-9-5/h1-2,5,8H,3H2. The maximum atomic E-state index is 4.16. The lowest BCUT2D eigenvalue weighted by Crippen LogP contribution is -2.12. The number of nitrogens with zero attached hydrogens (tertiary/aromatic N) is 2. The van der Waals surface area contributed by atoms with Gasteiger partial charge in [-0.1, -0.05) is 0 Å². The van der Waals surface area contributed by atoms with E-state index in [2.05, 4.69) is 23.3 Å². The second-order valence-corrected chi connectivity index (χ2v) is 3.58. The van der Waals surface area contributed by atoms with E-state index in [-0.39, 0.29) is 0 Å². The maximum Gasteiger partial charge on any atom is 0.0772 e. The van der Waals surface area contributed by atoms with Crippen LogP contribution in [0.5, 0.6) is 0 Å². The minimum absolute atomic E-state index is 0.558. The van der Waals surface area contributed by atoms with Crippen molar-refractivity contribution in [3.05, 3.63) is 11.5 Å². The molecule has 48 valence electrons. The fraction of sp³-hybridized carbons (Fsp3) is 0.400. The molecule has 0 aromatic carbocycles. The quantitative estimate of drug-likeness (QED) is 0.532. The largest absolute Gasteiger partial charge is 0.240 e. The minimum Gasteiger partial charge on any atom is -0.240 e. The van der Waals surface area contributed by atoms with Crippen molar-refractivity contribution in [1.82, 2.24) is 4.41 Å². The van der Waals surface area contributed by atoms with E-state index in [4.69, 9.17) is 0 Å². The Morgan fingerprint density at radius 3 is 3.56 bits per heavy atom. The third kappa shape index (κ3) is 0.861. The molecule has 0 bridgehead atoms. The molecule has 0 aromatic heterocycles. The van der Waals surface area contributed by atoms with Crippen LogP contribution in [0.3, 0.4) is 0 Å². The average molecular weight is 158 g/mol. The van der Waals surface area contributed by atoms with Crippen LogP contribution in [0.4, 0.5) is 0 Å². The van der Waals surface area contributed by atoms with E-state index in [0.717, 1.165) is 12.3 Å². The molecule has 4 heteroatoms. The molecule has 2 rings (SSSR count). The Bertz CT molecular complexity index is 187. The highest BCUT2D eigenvalue weighted by Gasteiger charge is 2.26. The van der Waals surface area contributed by atoms with Gasteiger partial charge in [0.25, 0.3) is 0 Å². The zero-order valence-corrected chi connectivity index (χ0v) is 6.40. The van der Waals surface area contributed by atoms with Crippen LogP contribution < -0.4 is 0 Å². The molecule has 2 aliphatic rings. The highest BCUT2D eigenvalue weighted by Crippen LogP contribution is 2.28. The van der Waals surface area contributed by atoms with E-state index < -0.39 is 0 Å². The Balaban J connectivity index is 2.26. The van der Waals surface area contributed by atoms with E-state index in [9.17, 15) is 0 Å². The number of hydrogen-bond acceptors (Lipinski definition) is 4. The van der Waals surface area contributed by atoms with E-state index in [1.54, 1.807) is 4.41 Å². The lowest BCUT2D eigenvalue weighted by molar-refractivity contribution is 0.566. The van der Waals surface area contributed by atoms with Crippen LogP contribution in [0.15, 0.2) is 16.6 Å². The number of hydrogen-bond donors (Lipinski definition) is 1. The smallest absolute Gasteiger partial charge is 0.0772 e. The Morgan fingerprint density at radius 1 is 1.89 bits per heavy atom. The van der Waals surface area contributed by atoms with Crippen molar-refractivity contribution in [2.45, 2.75) is 5.25 Å². The summed E-state index contributed by atoms with van der Waals surface area (Å²) in [4.78, 5) is 0. The number of allylic oxidation sites excluding steroid dienone is 1. The third-order valence-corrected chi connectivity index (χ3v) is 2.64. The van der Waals surface area contributed by atoms with Crippen molar-refractivity contribution in [1.29, 1.82) is 0 Å². The van der Waals surface area contributed by atoms with E-state index >= 15 is 0 Å². The molecule has 0 saturated heterocycles. The van der Waals surface area contributed by atoms with Crippen LogP contribution >= 0.6 is 24.6 Å². The lowest BCUT2D eigenvalue weighted by Gasteiger charge is -2.03. The molecule has 0 amide bonds. The van der Waals surface area contributed by atoms with Gasteiger partial charge < -0.3 is 0 Å². The molecule has 0 saturated carbocycles. The van der Waals surface area contributed by atoms with E-state index in [1.807, 2.05) is 17.8 Å². The van der Waals surface area contributed by atoms with Crippen molar-refractivity contribution in [3.8, 4) is 0 Å². The Morgan fingerprint density at radius 2 is 2.78 bits per heavy atom. The first kappa shape index (κ1) is 5.68. The van der Waals surface area contributed by atoms with E-state index in [1.165, 1.54) is 0 Å². The molecule has 0 aromatic rings. The molecular formula is C5H6N2S2. The van der Waals surface area contributed by atoms with Crippen LogP contribution in [0.25, 0.3) is 0 Å². The Labute approximate surface area is 63.5 Å². The van der Waals surface area contributed by atoms with Crippen molar-refractivity contribution < 1.29 is 0 Å². The lowest BCUT2D eigenvalue weighted by atomic mass is 10.3. The summed E-state index contributed by atoms with van der Waals surface area (Å²) in [6.45, 7) is 0.941. The van der Waals surface area contributed by atoms with E-state index in [0.29, 0.717) is 5.25 Å². The van der Waals surface area contributed by atoms with Crippen molar-refractivity contribution >= 4 is 30.3 Å². The summed E-state index contributed by atoms with van der Waals surface area (Å²) in [5.74, 6) is 0. The van der Waals surface area contributed by atoms with Crippen LogP contribution in [0, 0.1) is 0 Å². The number of hydrazone groups is 1. The van der Waals surface area contributed by atoms with Crippen LogP contribution in [-0.2, 0) is 0 Å². The SMILES string of the molecule is SN1CC2SC=CC2=N1. The van der Waals surface area contributed by atoms with Crippen LogP contribution in [-0.4, -0.2) is 21.9 Å². The second-order valence-electron chi connectivity index (χ2n) is 2.01. The van der Waals surface area contributed by atoms with Crippen LogP contribution in [0.2, 0.25) is 0 Å². The summed E-state index contributed by atoms with van der Waals surface area (Å²) in [6.07, 6.45) is 2.05. The van der Waals surface area contributed by atoms with Crippen molar-refractivity contribution in [3.63, 3.8) is 0 Å². The van der Waals surface area contributed by atoms with Gasteiger partial charge in [-0.25, -0.2) is 4.41 Å². The van der Waals surface area contributed by atoms with Gasteiger partial charge in [0, 0.05) is 0 Å². The van der Waals surface area contributed by atoms with Gasteiger partial charge in [-0.3, -0.25) is 0 Å². The first-order valence-electron chi connectivity index (χ1n) is 2.73. The molecule has 0 fully saturated rings. The summed E-state index contributed by atoms with van der Waals surface area (Å²) in [6, 6.07) is 0. The molecule has 2 heterocycles. The zero-order chi connectivity index (χ0) is 6.27. The fourth-order valence-electron chi connectivity index (χ4n) is 0.938. The molecule has 2 nitrogen and oxygen atoms in total. The van der Waals surface area contributed by atoms with Gasteiger partial charge in [0.2, 0.25) is 0 Å². The second kappa shape index (κ2) is 1.95. The van der Waals surface area contributed by atoms with Gasteiger partial charge in [-0.2, -0.15) is 5.10 Å². The van der Waals surface area contributed by atoms with Crippen molar-refractivity contribution in [2.75, 3.05) is 6.54 Å². The van der Waals surface area contributed by atoms with Gasteiger partial charge in [0.15, 0.2) is 0 Å². The Hall–Kier alpha value is -0.0900. The minimum atomic E-state index is 0.558. The first-order chi connectivity index (χ1) is 4.36.